The largest absolute Gasteiger partial charge is 0.465 e. The summed E-state index contributed by atoms with van der Waals surface area (Å²) in [5.74, 6) is 2.08. The highest BCUT2D eigenvalue weighted by Gasteiger charge is 2.26. The average Bonchev–Trinajstić information content (AvgIpc) is 3.20. The van der Waals surface area contributed by atoms with Gasteiger partial charge in [0, 0.05) is 30.3 Å². The first kappa shape index (κ1) is 19.9. The molecule has 3 heterocycles. The molecule has 0 atom stereocenters. The lowest BCUT2D eigenvalue weighted by Gasteiger charge is -2.29. The number of carboxylic acid groups (broad SMARTS) is 1. The quantitative estimate of drug-likeness (QED) is 0.427. The number of hydrogen-bond donors (Lipinski definition) is 3. The van der Waals surface area contributed by atoms with Crippen molar-refractivity contribution in [2.45, 2.75) is 18.8 Å². The lowest BCUT2D eigenvalue weighted by molar-refractivity contribution is 0.132. The molecular formula is C24H23N5O3. The fraction of sp³-hybridized carbons (Fsp3) is 0.208. The summed E-state index contributed by atoms with van der Waals surface area (Å²) in [5, 5.41) is 17.2. The Kier molecular flexibility index (Phi) is 5.10. The fourth-order valence-corrected chi connectivity index (χ4v) is 4.18. The van der Waals surface area contributed by atoms with E-state index in [2.05, 4.69) is 10.2 Å². The number of nitrogens with two attached hydrogens (primary N) is 1. The van der Waals surface area contributed by atoms with Crippen molar-refractivity contribution in [2.75, 3.05) is 18.8 Å². The number of anilines is 1. The van der Waals surface area contributed by atoms with E-state index in [0.29, 0.717) is 18.9 Å². The second kappa shape index (κ2) is 8.22. The summed E-state index contributed by atoms with van der Waals surface area (Å²) in [6, 6.07) is 19.3. The van der Waals surface area contributed by atoms with E-state index in [1.807, 2.05) is 60.7 Å². The number of fused-ring (bicyclic) bond motifs is 1. The number of aromatic nitrogens is 3. The van der Waals surface area contributed by atoms with Crippen LogP contribution in [0.15, 0.2) is 60.7 Å². The summed E-state index contributed by atoms with van der Waals surface area (Å²) in [7, 11) is 0. The predicted octanol–water partition coefficient (Wildman–Crippen LogP) is 4.86. The van der Waals surface area contributed by atoms with Crippen LogP contribution in [0, 0.1) is 0 Å². The number of H-pyrrole nitrogens is 1. The average molecular weight is 429 g/mol. The van der Waals surface area contributed by atoms with Crippen LogP contribution >= 0.6 is 0 Å². The van der Waals surface area contributed by atoms with E-state index in [9.17, 15) is 9.90 Å². The van der Waals surface area contributed by atoms with Crippen molar-refractivity contribution in [3.8, 4) is 22.8 Å². The van der Waals surface area contributed by atoms with Gasteiger partial charge in [-0.3, -0.25) is 10.1 Å². The molecule has 1 aliphatic rings. The number of piperidine rings is 1. The molecule has 5 rings (SSSR count). The van der Waals surface area contributed by atoms with Gasteiger partial charge in [-0.1, -0.05) is 18.2 Å². The molecule has 162 valence electrons. The molecule has 0 spiro atoms. The molecule has 0 unspecified atom stereocenters. The van der Waals surface area contributed by atoms with Crippen LogP contribution in [-0.4, -0.2) is 44.4 Å². The van der Waals surface area contributed by atoms with Crippen LogP contribution in [0.2, 0.25) is 0 Å². The van der Waals surface area contributed by atoms with Gasteiger partial charge in [-0.2, -0.15) is 5.10 Å². The van der Waals surface area contributed by atoms with Crippen molar-refractivity contribution in [1.82, 2.24) is 20.1 Å². The minimum absolute atomic E-state index is 0.180. The Morgan fingerprint density at radius 2 is 1.75 bits per heavy atom. The SMILES string of the molecule is Nc1n[nH]c2cc(C3CCN(C(=O)O)CC3)nc(-c3ccc(Oc4ccccc4)cc3)c12. The summed E-state index contributed by atoms with van der Waals surface area (Å²) in [4.78, 5) is 17.6. The molecular weight excluding hydrogens is 406 g/mol. The lowest BCUT2D eigenvalue weighted by atomic mass is 9.92. The molecule has 0 aliphatic carbocycles. The maximum Gasteiger partial charge on any atom is 0.407 e. The first-order valence-electron chi connectivity index (χ1n) is 10.5. The summed E-state index contributed by atoms with van der Waals surface area (Å²) in [6.07, 6.45) is 0.599. The summed E-state index contributed by atoms with van der Waals surface area (Å²) in [5.41, 5.74) is 9.57. The molecule has 2 aromatic heterocycles. The molecule has 1 saturated heterocycles. The molecule has 4 aromatic rings. The number of likely N-dealkylation sites (tertiary alicyclic amines) is 1. The standard InChI is InChI=1S/C24H23N5O3/c25-23-21-20(27-28-23)14-19(15-10-12-29(13-11-15)24(30)31)26-22(21)16-6-8-18(9-7-16)32-17-4-2-1-3-5-17/h1-9,14-15H,10-13H2,(H,30,31)(H3,25,27,28). The zero-order valence-electron chi connectivity index (χ0n) is 17.4. The molecule has 4 N–H and O–H groups in total. The van der Waals surface area contributed by atoms with Crippen molar-refractivity contribution in [2.24, 2.45) is 0 Å². The number of rotatable bonds is 4. The number of aromatic amines is 1. The Morgan fingerprint density at radius 3 is 2.44 bits per heavy atom. The number of nitrogens with one attached hydrogen (secondary N) is 1. The van der Waals surface area contributed by atoms with E-state index in [1.165, 1.54) is 4.90 Å². The van der Waals surface area contributed by atoms with Gasteiger partial charge in [0.25, 0.3) is 0 Å². The highest BCUT2D eigenvalue weighted by Crippen LogP contribution is 2.35. The first-order chi connectivity index (χ1) is 15.6. The van der Waals surface area contributed by atoms with Gasteiger partial charge in [0.05, 0.1) is 16.6 Å². The number of nitrogens with zero attached hydrogens (tertiary/aromatic N) is 3. The maximum atomic E-state index is 11.2. The van der Waals surface area contributed by atoms with Gasteiger partial charge in [-0.05, 0) is 55.3 Å². The molecule has 8 nitrogen and oxygen atoms in total. The smallest absolute Gasteiger partial charge is 0.407 e. The van der Waals surface area contributed by atoms with Gasteiger partial charge in [0.2, 0.25) is 0 Å². The van der Waals surface area contributed by atoms with Gasteiger partial charge in [0.15, 0.2) is 5.82 Å². The summed E-state index contributed by atoms with van der Waals surface area (Å²) >= 11 is 0. The van der Waals surface area contributed by atoms with E-state index >= 15 is 0 Å². The number of ether oxygens (including phenoxy) is 1. The number of para-hydroxylation sites is 1. The van der Waals surface area contributed by atoms with Crippen LogP contribution in [-0.2, 0) is 0 Å². The number of amides is 1. The lowest BCUT2D eigenvalue weighted by Crippen LogP contribution is -2.37. The molecule has 0 radical (unpaired) electrons. The van der Waals surface area contributed by atoms with Gasteiger partial charge in [0.1, 0.15) is 11.5 Å². The molecule has 0 saturated carbocycles. The Hall–Kier alpha value is -4.07. The highest BCUT2D eigenvalue weighted by atomic mass is 16.5. The molecule has 1 fully saturated rings. The number of benzene rings is 2. The predicted molar refractivity (Wildman–Crippen MR) is 122 cm³/mol. The Bertz CT molecular complexity index is 1250. The van der Waals surface area contributed by atoms with Crippen LogP contribution in [0.25, 0.3) is 22.2 Å². The third-order valence-electron chi connectivity index (χ3n) is 5.88. The molecule has 32 heavy (non-hydrogen) atoms. The Balaban J connectivity index is 1.46. The van der Waals surface area contributed by atoms with Crippen LogP contribution in [0.4, 0.5) is 10.6 Å². The van der Waals surface area contributed by atoms with Crippen molar-refractivity contribution >= 4 is 22.8 Å². The van der Waals surface area contributed by atoms with Crippen LogP contribution < -0.4 is 10.5 Å². The van der Waals surface area contributed by atoms with Gasteiger partial charge in [-0.15, -0.1) is 0 Å². The normalized spacial score (nSPS) is 14.6. The van der Waals surface area contributed by atoms with Gasteiger partial charge in [-0.25, -0.2) is 4.79 Å². The monoisotopic (exact) mass is 429 g/mol. The van der Waals surface area contributed by atoms with Crippen molar-refractivity contribution in [1.29, 1.82) is 0 Å². The van der Waals surface area contributed by atoms with Crippen LogP contribution in [0.1, 0.15) is 24.5 Å². The van der Waals surface area contributed by atoms with E-state index < -0.39 is 6.09 Å². The van der Waals surface area contributed by atoms with E-state index in [-0.39, 0.29) is 5.92 Å². The van der Waals surface area contributed by atoms with E-state index in [0.717, 1.165) is 52.2 Å². The number of pyridine rings is 1. The summed E-state index contributed by atoms with van der Waals surface area (Å²) < 4.78 is 5.90. The third-order valence-corrected chi connectivity index (χ3v) is 5.88. The topological polar surface area (TPSA) is 117 Å². The molecule has 2 aromatic carbocycles. The van der Waals surface area contributed by atoms with E-state index in [4.69, 9.17) is 15.5 Å². The highest BCUT2D eigenvalue weighted by molar-refractivity contribution is 6.00. The number of hydrogen-bond acceptors (Lipinski definition) is 5. The second-order valence-electron chi connectivity index (χ2n) is 7.91. The molecule has 8 heteroatoms. The van der Waals surface area contributed by atoms with Gasteiger partial charge >= 0.3 is 6.09 Å². The Labute approximate surface area is 184 Å². The zero-order valence-corrected chi connectivity index (χ0v) is 17.4. The fourth-order valence-electron chi connectivity index (χ4n) is 4.18. The minimum atomic E-state index is -0.869. The first-order valence-corrected chi connectivity index (χ1v) is 10.5. The number of nitrogen functional groups attached to an aromatic ring is 1. The summed E-state index contributed by atoms with van der Waals surface area (Å²) in [6.45, 7) is 1.01. The van der Waals surface area contributed by atoms with Crippen LogP contribution in [0.5, 0.6) is 11.5 Å². The second-order valence-corrected chi connectivity index (χ2v) is 7.91. The van der Waals surface area contributed by atoms with Gasteiger partial charge < -0.3 is 20.5 Å². The maximum absolute atomic E-state index is 11.2. The van der Waals surface area contributed by atoms with E-state index in [1.54, 1.807) is 0 Å². The molecule has 1 aliphatic heterocycles. The number of carbonyl (C=O) groups is 1. The van der Waals surface area contributed by atoms with Crippen molar-refractivity contribution < 1.29 is 14.6 Å². The molecule has 1 amide bonds. The third kappa shape index (κ3) is 3.82. The van der Waals surface area contributed by atoms with Crippen molar-refractivity contribution in [3.63, 3.8) is 0 Å². The van der Waals surface area contributed by atoms with Crippen LogP contribution in [0.3, 0.4) is 0 Å². The van der Waals surface area contributed by atoms with Crippen molar-refractivity contribution in [3.05, 3.63) is 66.4 Å². The molecule has 0 bridgehead atoms. The minimum Gasteiger partial charge on any atom is -0.465 e. The zero-order chi connectivity index (χ0) is 22.1. The Morgan fingerprint density at radius 1 is 1.06 bits per heavy atom.